The molecular formula is C15H22N4S. The van der Waals surface area contributed by atoms with Crippen LogP contribution in [0.25, 0.3) is 0 Å². The lowest BCUT2D eigenvalue weighted by atomic mass is 9.86. The zero-order valence-electron chi connectivity index (χ0n) is 12.0. The van der Waals surface area contributed by atoms with Crippen molar-refractivity contribution in [3.63, 3.8) is 0 Å². The third kappa shape index (κ3) is 2.87. The summed E-state index contributed by atoms with van der Waals surface area (Å²) in [5.74, 6) is 1.55. The molecule has 0 spiro atoms. The molecule has 2 aliphatic rings. The van der Waals surface area contributed by atoms with Gasteiger partial charge in [-0.2, -0.15) is 5.26 Å². The van der Waals surface area contributed by atoms with Crippen LogP contribution >= 0.6 is 11.8 Å². The fourth-order valence-corrected chi connectivity index (χ4v) is 4.20. The van der Waals surface area contributed by atoms with Gasteiger partial charge in [0, 0.05) is 31.2 Å². The van der Waals surface area contributed by atoms with E-state index in [1.54, 1.807) is 11.8 Å². The van der Waals surface area contributed by atoms with E-state index in [-0.39, 0.29) is 5.54 Å². The van der Waals surface area contributed by atoms with E-state index in [4.69, 9.17) is 0 Å². The van der Waals surface area contributed by atoms with Gasteiger partial charge >= 0.3 is 0 Å². The van der Waals surface area contributed by atoms with Crippen LogP contribution in [0.15, 0.2) is 17.6 Å². The summed E-state index contributed by atoms with van der Waals surface area (Å²) >= 11 is 1.80. The summed E-state index contributed by atoms with van der Waals surface area (Å²) in [5, 5.41) is 14.4. The van der Waals surface area contributed by atoms with Crippen LogP contribution in [0.5, 0.6) is 0 Å². The summed E-state index contributed by atoms with van der Waals surface area (Å²) in [7, 11) is 2.03. The quantitative estimate of drug-likeness (QED) is 0.819. The largest absolute Gasteiger partial charge is 0.329 e. The molecule has 4 nitrogen and oxygen atoms in total. The average Bonchev–Trinajstić information content (AvgIpc) is 3.03. The van der Waals surface area contributed by atoms with Gasteiger partial charge in [0.05, 0.1) is 6.07 Å². The van der Waals surface area contributed by atoms with Crippen molar-refractivity contribution in [2.75, 3.05) is 5.75 Å². The van der Waals surface area contributed by atoms with Gasteiger partial charge < -0.3 is 4.57 Å². The van der Waals surface area contributed by atoms with Crippen LogP contribution in [0.4, 0.5) is 0 Å². The van der Waals surface area contributed by atoms with Gasteiger partial charge in [0.25, 0.3) is 0 Å². The maximum Gasteiger partial charge on any atom is 0.167 e. The Bertz CT molecular complexity index is 502. The maximum atomic E-state index is 9.66. The number of imidazole rings is 1. The van der Waals surface area contributed by atoms with Gasteiger partial charge in [-0.1, -0.05) is 18.2 Å². The van der Waals surface area contributed by atoms with Crippen LogP contribution in [0, 0.1) is 17.2 Å². The Labute approximate surface area is 125 Å². The van der Waals surface area contributed by atoms with Gasteiger partial charge in [-0.05, 0) is 38.0 Å². The standard InChI is InChI=1S/C15H22N4S/c1-19-9-8-17-14(19)20-10-6-12-3-2-7-15(12,11-16)18-13-4-5-13/h8-9,12-13,18H,2-7,10H2,1H3. The minimum absolute atomic E-state index is 0.247. The minimum atomic E-state index is -0.247. The third-order valence-electron chi connectivity index (χ3n) is 4.53. The van der Waals surface area contributed by atoms with E-state index in [0.29, 0.717) is 12.0 Å². The van der Waals surface area contributed by atoms with E-state index < -0.39 is 0 Å². The summed E-state index contributed by atoms with van der Waals surface area (Å²) in [6.45, 7) is 0. The average molecular weight is 290 g/mol. The highest BCUT2D eigenvalue weighted by Crippen LogP contribution is 2.40. The number of aryl methyl sites for hydroxylation is 1. The topological polar surface area (TPSA) is 53.6 Å². The molecule has 0 bridgehead atoms. The van der Waals surface area contributed by atoms with E-state index in [9.17, 15) is 5.26 Å². The SMILES string of the molecule is Cn1ccnc1SCCC1CCCC1(C#N)NC1CC1. The van der Waals surface area contributed by atoms with Crippen molar-refractivity contribution in [3.8, 4) is 6.07 Å². The first-order valence-corrected chi connectivity index (χ1v) is 8.51. The van der Waals surface area contributed by atoms with Gasteiger partial charge in [0.1, 0.15) is 5.54 Å². The van der Waals surface area contributed by atoms with Crippen LogP contribution in [-0.4, -0.2) is 26.9 Å². The number of rotatable bonds is 6. The molecule has 2 atom stereocenters. The number of hydrogen-bond acceptors (Lipinski definition) is 4. The number of aromatic nitrogens is 2. The molecule has 0 aliphatic heterocycles. The van der Waals surface area contributed by atoms with Crippen molar-refractivity contribution in [3.05, 3.63) is 12.4 Å². The predicted molar refractivity (Wildman–Crippen MR) is 80.4 cm³/mol. The second-order valence-corrected chi connectivity index (χ2v) is 7.11. The number of nitriles is 1. The lowest BCUT2D eigenvalue weighted by molar-refractivity contribution is 0.308. The molecule has 2 fully saturated rings. The fourth-order valence-electron chi connectivity index (χ4n) is 3.21. The van der Waals surface area contributed by atoms with E-state index in [1.165, 1.54) is 25.7 Å². The Balaban J connectivity index is 1.55. The van der Waals surface area contributed by atoms with E-state index >= 15 is 0 Å². The Kier molecular flexibility index (Phi) is 4.04. The minimum Gasteiger partial charge on any atom is -0.329 e. The molecule has 3 rings (SSSR count). The molecule has 108 valence electrons. The van der Waals surface area contributed by atoms with Crippen LogP contribution < -0.4 is 5.32 Å². The number of nitrogens with one attached hydrogen (secondary N) is 1. The molecule has 0 aromatic carbocycles. The number of nitrogens with zero attached hydrogens (tertiary/aromatic N) is 3. The highest BCUT2D eigenvalue weighted by Gasteiger charge is 2.45. The summed E-state index contributed by atoms with van der Waals surface area (Å²) in [6.07, 6.45) is 10.8. The molecule has 2 saturated carbocycles. The van der Waals surface area contributed by atoms with Crippen molar-refractivity contribution >= 4 is 11.8 Å². The third-order valence-corrected chi connectivity index (χ3v) is 5.63. The Morgan fingerprint density at radius 3 is 3.05 bits per heavy atom. The second-order valence-electron chi connectivity index (χ2n) is 6.05. The zero-order valence-corrected chi connectivity index (χ0v) is 12.8. The number of hydrogen-bond donors (Lipinski definition) is 1. The smallest absolute Gasteiger partial charge is 0.167 e. The van der Waals surface area contributed by atoms with Crippen LogP contribution in [0.2, 0.25) is 0 Å². The van der Waals surface area contributed by atoms with E-state index in [0.717, 1.165) is 23.8 Å². The fraction of sp³-hybridized carbons (Fsp3) is 0.733. The van der Waals surface area contributed by atoms with Gasteiger partial charge in [-0.15, -0.1) is 0 Å². The molecule has 0 radical (unpaired) electrons. The lowest BCUT2D eigenvalue weighted by Gasteiger charge is -2.30. The maximum absolute atomic E-state index is 9.66. The summed E-state index contributed by atoms with van der Waals surface area (Å²) in [5.41, 5.74) is -0.247. The summed E-state index contributed by atoms with van der Waals surface area (Å²) in [6, 6.07) is 3.22. The Hall–Kier alpha value is -0.990. The van der Waals surface area contributed by atoms with Crippen molar-refractivity contribution in [1.29, 1.82) is 5.26 Å². The molecular weight excluding hydrogens is 268 g/mol. The Morgan fingerprint density at radius 1 is 1.55 bits per heavy atom. The summed E-state index contributed by atoms with van der Waals surface area (Å²) < 4.78 is 2.05. The monoisotopic (exact) mass is 290 g/mol. The molecule has 1 N–H and O–H groups in total. The molecule has 5 heteroatoms. The van der Waals surface area contributed by atoms with E-state index in [2.05, 4.69) is 20.9 Å². The van der Waals surface area contributed by atoms with Gasteiger partial charge in [-0.25, -0.2) is 4.98 Å². The van der Waals surface area contributed by atoms with Crippen LogP contribution in [-0.2, 0) is 7.05 Å². The predicted octanol–water partition coefficient (Wildman–Crippen LogP) is 2.72. The highest BCUT2D eigenvalue weighted by atomic mass is 32.2. The molecule has 1 heterocycles. The van der Waals surface area contributed by atoms with Crippen molar-refractivity contribution in [1.82, 2.24) is 14.9 Å². The zero-order chi connectivity index (χ0) is 14.0. The van der Waals surface area contributed by atoms with Crippen molar-refractivity contribution < 1.29 is 0 Å². The molecule has 2 unspecified atom stereocenters. The first-order chi connectivity index (χ1) is 9.73. The van der Waals surface area contributed by atoms with Crippen LogP contribution in [0.1, 0.15) is 38.5 Å². The van der Waals surface area contributed by atoms with Gasteiger partial charge in [-0.3, -0.25) is 5.32 Å². The molecule has 1 aromatic rings. The number of thioether (sulfide) groups is 1. The second kappa shape index (κ2) is 5.79. The molecule has 0 amide bonds. The normalized spacial score (nSPS) is 29.5. The molecule has 2 aliphatic carbocycles. The van der Waals surface area contributed by atoms with Gasteiger partial charge in [0.2, 0.25) is 0 Å². The van der Waals surface area contributed by atoms with Crippen LogP contribution in [0.3, 0.4) is 0 Å². The summed E-state index contributed by atoms with van der Waals surface area (Å²) in [4.78, 5) is 4.34. The highest BCUT2D eigenvalue weighted by molar-refractivity contribution is 7.99. The van der Waals surface area contributed by atoms with Gasteiger partial charge in [0.15, 0.2) is 5.16 Å². The molecule has 0 saturated heterocycles. The first-order valence-electron chi connectivity index (χ1n) is 7.52. The van der Waals surface area contributed by atoms with Crippen molar-refractivity contribution in [2.45, 2.75) is 55.3 Å². The van der Waals surface area contributed by atoms with E-state index in [1.807, 2.05) is 19.4 Å². The van der Waals surface area contributed by atoms with Crippen molar-refractivity contribution in [2.24, 2.45) is 13.0 Å². The Morgan fingerprint density at radius 2 is 2.40 bits per heavy atom. The lowest BCUT2D eigenvalue weighted by Crippen LogP contribution is -2.48. The molecule has 1 aromatic heterocycles. The molecule has 20 heavy (non-hydrogen) atoms. The first kappa shape index (κ1) is 14.0.